The Labute approximate surface area is 187 Å². The molecule has 0 bridgehead atoms. The molecule has 3 N–H and O–H groups in total. The number of carbonyl (C=O) groups excluding carboxylic acids is 1. The van der Waals surface area contributed by atoms with Gasteiger partial charge in [0.15, 0.2) is 6.23 Å². The number of aromatic amines is 2. The molecule has 1 saturated carbocycles. The molecule has 1 fully saturated rings. The van der Waals surface area contributed by atoms with Gasteiger partial charge in [-0.1, -0.05) is 12.1 Å². The SMILES string of the molecule is CN(C(O)c1n[nH]c2c1CN(C(=O)c1cc3cccc(F)c3[nH]1)CC2)C1(COC(F)F)CC1. The van der Waals surface area contributed by atoms with E-state index in [0.717, 1.165) is 5.69 Å². The number of carbonyl (C=O) groups is 1. The van der Waals surface area contributed by atoms with Gasteiger partial charge in [0.1, 0.15) is 17.2 Å². The summed E-state index contributed by atoms with van der Waals surface area (Å²) in [6.07, 6.45) is 0.618. The van der Waals surface area contributed by atoms with E-state index >= 15 is 0 Å². The fraction of sp³-hybridized carbons (Fsp3) is 0.455. The van der Waals surface area contributed by atoms with E-state index < -0.39 is 24.2 Å². The van der Waals surface area contributed by atoms with Crippen LogP contribution in [0.5, 0.6) is 0 Å². The molecule has 1 unspecified atom stereocenters. The van der Waals surface area contributed by atoms with Gasteiger partial charge in [-0.15, -0.1) is 0 Å². The maximum absolute atomic E-state index is 14.0. The van der Waals surface area contributed by atoms with Gasteiger partial charge in [0.25, 0.3) is 5.91 Å². The second kappa shape index (κ2) is 8.15. The fourth-order valence-electron chi connectivity index (χ4n) is 4.51. The number of hydrogen-bond donors (Lipinski definition) is 3. The highest BCUT2D eigenvalue weighted by molar-refractivity contribution is 5.98. The first-order valence-electron chi connectivity index (χ1n) is 10.7. The van der Waals surface area contributed by atoms with Crippen LogP contribution in [0.2, 0.25) is 0 Å². The number of alkyl halides is 2. The lowest BCUT2D eigenvalue weighted by Gasteiger charge is -2.33. The predicted octanol–water partition coefficient (Wildman–Crippen LogP) is 2.92. The number of nitrogens with zero attached hydrogens (tertiary/aromatic N) is 3. The van der Waals surface area contributed by atoms with Crippen molar-refractivity contribution in [2.24, 2.45) is 0 Å². The molecule has 0 saturated heterocycles. The lowest BCUT2D eigenvalue weighted by atomic mass is 10.0. The van der Waals surface area contributed by atoms with Gasteiger partial charge < -0.3 is 19.7 Å². The molecule has 5 rings (SSSR count). The average Bonchev–Trinajstić information content (AvgIpc) is 3.27. The van der Waals surface area contributed by atoms with Crippen LogP contribution in [0.1, 0.15) is 46.5 Å². The van der Waals surface area contributed by atoms with E-state index in [2.05, 4.69) is 19.9 Å². The molecule has 1 atom stereocenters. The Balaban J connectivity index is 1.35. The zero-order valence-corrected chi connectivity index (χ0v) is 17.9. The summed E-state index contributed by atoms with van der Waals surface area (Å²) in [6.45, 7) is -2.41. The Bertz CT molecular complexity index is 1190. The fourth-order valence-corrected chi connectivity index (χ4v) is 4.51. The summed E-state index contributed by atoms with van der Waals surface area (Å²) in [6, 6.07) is 6.26. The number of ether oxygens (including phenoxy) is 1. The number of halogens is 3. The van der Waals surface area contributed by atoms with Gasteiger partial charge in [-0.25, -0.2) is 4.39 Å². The van der Waals surface area contributed by atoms with Crippen molar-refractivity contribution in [3.8, 4) is 0 Å². The number of para-hydroxylation sites is 1. The van der Waals surface area contributed by atoms with Crippen LogP contribution in [0, 0.1) is 5.82 Å². The van der Waals surface area contributed by atoms with Gasteiger partial charge in [-0.05, 0) is 32.0 Å². The number of benzene rings is 1. The third-order valence-corrected chi connectivity index (χ3v) is 6.75. The molecule has 3 aromatic rings. The van der Waals surface area contributed by atoms with Crippen LogP contribution in [-0.4, -0.2) is 68.3 Å². The van der Waals surface area contributed by atoms with Crippen molar-refractivity contribution in [2.45, 2.75) is 44.2 Å². The molecule has 1 aliphatic heterocycles. The molecule has 3 heterocycles. The Morgan fingerprint density at radius 2 is 2.18 bits per heavy atom. The molecular weight excluding hydrogens is 439 g/mol. The number of hydrogen-bond acceptors (Lipinski definition) is 5. The smallest absolute Gasteiger partial charge is 0.345 e. The second-order valence-electron chi connectivity index (χ2n) is 8.71. The van der Waals surface area contributed by atoms with E-state index in [9.17, 15) is 23.1 Å². The van der Waals surface area contributed by atoms with Gasteiger partial charge in [-0.3, -0.25) is 14.8 Å². The van der Waals surface area contributed by atoms with Gasteiger partial charge in [0, 0.05) is 41.7 Å². The first-order valence-corrected chi connectivity index (χ1v) is 10.7. The van der Waals surface area contributed by atoms with Crippen LogP contribution in [0.3, 0.4) is 0 Å². The number of aliphatic hydroxyl groups excluding tert-OH is 1. The molecule has 2 aromatic heterocycles. The molecule has 8 nitrogen and oxygen atoms in total. The zero-order valence-electron chi connectivity index (χ0n) is 17.9. The number of nitrogens with one attached hydrogen (secondary N) is 2. The predicted molar refractivity (Wildman–Crippen MR) is 112 cm³/mol. The van der Waals surface area contributed by atoms with Crippen molar-refractivity contribution in [1.29, 1.82) is 0 Å². The van der Waals surface area contributed by atoms with Crippen LogP contribution in [0.4, 0.5) is 13.2 Å². The lowest BCUT2D eigenvalue weighted by molar-refractivity contribution is -0.154. The Kier molecular flexibility index (Phi) is 5.42. The molecular formula is C22H24F3N5O3. The van der Waals surface area contributed by atoms with Crippen LogP contribution < -0.4 is 0 Å². The molecule has 0 spiro atoms. The molecule has 33 heavy (non-hydrogen) atoms. The topological polar surface area (TPSA) is 97.5 Å². The van der Waals surface area contributed by atoms with Gasteiger partial charge >= 0.3 is 6.61 Å². The number of aromatic nitrogens is 3. The van der Waals surface area contributed by atoms with Crippen molar-refractivity contribution < 1.29 is 27.8 Å². The Morgan fingerprint density at radius 1 is 1.39 bits per heavy atom. The first-order chi connectivity index (χ1) is 15.8. The summed E-state index contributed by atoms with van der Waals surface area (Å²) >= 11 is 0. The Morgan fingerprint density at radius 3 is 2.88 bits per heavy atom. The van der Waals surface area contributed by atoms with E-state index in [0.29, 0.717) is 42.5 Å². The van der Waals surface area contributed by atoms with E-state index in [4.69, 9.17) is 0 Å². The van der Waals surface area contributed by atoms with Crippen molar-refractivity contribution >= 4 is 16.8 Å². The van der Waals surface area contributed by atoms with Crippen molar-refractivity contribution in [3.63, 3.8) is 0 Å². The highest BCUT2D eigenvalue weighted by atomic mass is 19.3. The zero-order chi connectivity index (χ0) is 23.3. The monoisotopic (exact) mass is 463 g/mol. The molecule has 1 amide bonds. The van der Waals surface area contributed by atoms with E-state index in [1.807, 2.05) is 0 Å². The number of rotatable bonds is 7. The van der Waals surface area contributed by atoms with Gasteiger partial charge in [-0.2, -0.15) is 13.9 Å². The maximum atomic E-state index is 14.0. The second-order valence-corrected chi connectivity index (χ2v) is 8.71. The number of likely N-dealkylation sites (N-methyl/N-ethyl adjacent to an activating group) is 1. The van der Waals surface area contributed by atoms with Gasteiger partial charge in [0.2, 0.25) is 0 Å². The highest BCUT2D eigenvalue weighted by Gasteiger charge is 2.50. The molecule has 2 aliphatic rings. The normalized spacial score (nSPS) is 18.2. The minimum Gasteiger partial charge on any atom is -0.372 e. The van der Waals surface area contributed by atoms with Crippen molar-refractivity contribution in [3.05, 3.63) is 52.7 Å². The third kappa shape index (κ3) is 3.90. The first kappa shape index (κ1) is 21.9. The van der Waals surface area contributed by atoms with E-state index in [1.54, 1.807) is 35.0 Å². The standard InChI is InChI=1S/C22H24F3N5O3/c1-29(22(6-7-22)11-33-21(24)25)20(32)18-13-10-30(8-5-15(13)27-28-18)19(31)16-9-12-3-2-4-14(23)17(12)26-16/h2-4,9,20-21,26,32H,5-8,10-11H2,1H3,(H,27,28). The Hall–Kier alpha value is -2.89. The number of aliphatic hydroxyl groups is 1. The molecule has 0 radical (unpaired) electrons. The maximum Gasteiger partial charge on any atom is 0.345 e. The largest absolute Gasteiger partial charge is 0.372 e. The summed E-state index contributed by atoms with van der Waals surface area (Å²) in [4.78, 5) is 19.2. The van der Waals surface area contributed by atoms with Crippen LogP contribution in [0.25, 0.3) is 10.9 Å². The molecule has 1 aliphatic carbocycles. The van der Waals surface area contributed by atoms with Crippen LogP contribution >= 0.6 is 0 Å². The van der Waals surface area contributed by atoms with E-state index in [-0.39, 0.29) is 30.3 Å². The summed E-state index contributed by atoms with van der Waals surface area (Å²) in [5.74, 6) is -0.712. The number of amides is 1. The van der Waals surface area contributed by atoms with Crippen LogP contribution in [0.15, 0.2) is 24.3 Å². The molecule has 176 valence electrons. The van der Waals surface area contributed by atoms with Gasteiger partial charge in [0.05, 0.1) is 12.1 Å². The summed E-state index contributed by atoms with van der Waals surface area (Å²) in [5, 5.41) is 18.8. The number of fused-ring (bicyclic) bond motifs is 2. The van der Waals surface area contributed by atoms with E-state index in [1.165, 1.54) is 6.07 Å². The summed E-state index contributed by atoms with van der Waals surface area (Å²) < 4.78 is 43.6. The lowest BCUT2D eigenvalue weighted by Crippen LogP contribution is -2.42. The van der Waals surface area contributed by atoms with Crippen LogP contribution in [-0.2, 0) is 17.7 Å². The molecule has 1 aromatic carbocycles. The minimum absolute atomic E-state index is 0.188. The third-order valence-electron chi connectivity index (χ3n) is 6.75. The summed E-state index contributed by atoms with van der Waals surface area (Å²) in [7, 11) is 1.65. The van der Waals surface area contributed by atoms with Crippen molar-refractivity contribution in [1.82, 2.24) is 25.0 Å². The highest BCUT2D eigenvalue weighted by Crippen LogP contribution is 2.45. The minimum atomic E-state index is -2.87. The van der Waals surface area contributed by atoms with Crippen molar-refractivity contribution in [2.75, 3.05) is 20.2 Å². The summed E-state index contributed by atoms with van der Waals surface area (Å²) in [5.41, 5.74) is 1.76. The number of H-pyrrole nitrogens is 2. The quantitative estimate of drug-likeness (QED) is 0.468. The average molecular weight is 463 g/mol. The molecule has 11 heteroatoms.